The van der Waals surface area contributed by atoms with E-state index in [0.29, 0.717) is 6.42 Å². The summed E-state index contributed by atoms with van der Waals surface area (Å²) in [5, 5.41) is 24.1. The van der Waals surface area contributed by atoms with Crippen molar-refractivity contribution < 1.29 is 29.7 Å². The van der Waals surface area contributed by atoms with Crippen molar-refractivity contribution in [3.05, 3.63) is 0 Å². The maximum atomic E-state index is 9.85. The first-order valence-electron chi connectivity index (χ1n) is 4.73. The van der Waals surface area contributed by atoms with Gasteiger partial charge in [-0.15, -0.1) is 0 Å². The number of rotatable bonds is 6. The molecule has 0 rings (SSSR count). The van der Waals surface area contributed by atoms with Gasteiger partial charge in [0.15, 0.2) is 0 Å². The smallest absolute Gasteiger partial charge is 0.321 e. The molecular formula is C9H17NO6. The lowest BCUT2D eigenvalue weighted by Gasteiger charge is -1.99. The number of nitrogens with two attached hydrogens (primary N) is 1. The Balaban J connectivity index is 0. The molecule has 0 aliphatic rings. The molecule has 0 aromatic carbocycles. The molecule has 7 heteroatoms. The Bertz CT molecular complexity index is 240. The van der Waals surface area contributed by atoms with Crippen LogP contribution in [0.15, 0.2) is 0 Å². The van der Waals surface area contributed by atoms with Crippen molar-refractivity contribution in [2.24, 2.45) is 5.73 Å². The third-order valence-corrected chi connectivity index (χ3v) is 1.46. The topological polar surface area (TPSA) is 138 Å². The zero-order valence-corrected chi connectivity index (χ0v) is 9.05. The molecular weight excluding hydrogens is 218 g/mol. The molecule has 0 aliphatic carbocycles. The second kappa shape index (κ2) is 9.91. The minimum absolute atomic E-state index is 0.316. The summed E-state index contributed by atoms with van der Waals surface area (Å²) in [6, 6.07) is -1.29. The molecule has 5 N–H and O–H groups in total. The van der Waals surface area contributed by atoms with E-state index in [0.717, 1.165) is 12.8 Å². The first-order chi connectivity index (χ1) is 7.31. The highest BCUT2D eigenvalue weighted by molar-refractivity contribution is 5.80. The van der Waals surface area contributed by atoms with E-state index in [9.17, 15) is 14.4 Å². The lowest BCUT2D eigenvalue weighted by molar-refractivity contribution is -0.144. The zero-order valence-electron chi connectivity index (χ0n) is 9.05. The molecule has 0 amide bonds. The standard InChI is InChI=1S/C5H10O2.C4H7NO4/c1-2-3-4-5(6)7;5-2(4(8)9)1-3(6)7/h2-4H2,1H3,(H,6,7);2H,1,5H2,(H,6,7)(H,8,9)/t;2-/m.0/s1. The molecule has 0 radical (unpaired) electrons. The van der Waals surface area contributed by atoms with E-state index < -0.39 is 30.4 Å². The SMILES string of the molecule is CCCCC(=O)O.N[C@@H](CC(=O)O)C(=O)O. The number of carboxylic acid groups (broad SMARTS) is 3. The number of carbonyl (C=O) groups is 3. The van der Waals surface area contributed by atoms with Crippen LogP contribution >= 0.6 is 0 Å². The van der Waals surface area contributed by atoms with Gasteiger partial charge in [0, 0.05) is 6.42 Å². The number of carboxylic acids is 3. The minimum atomic E-state index is -1.29. The van der Waals surface area contributed by atoms with Crippen molar-refractivity contribution in [3.63, 3.8) is 0 Å². The largest absolute Gasteiger partial charge is 0.481 e. The van der Waals surface area contributed by atoms with E-state index in [1.54, 1.807) is 0 Å². The Hall–Kier alpha value is -1.63. The van der Waals surface area contributed by atoms with E-state index in [1.165, 1.54) is 0 Å². The van der Waals surface area contributed by atoms with E-state index in [1.807, 2.05) is 6.92 Å². The quantitative estimate of drug-likeness (QED) is 0.513. The van der Waals surface area contributed by atoms with E-state index in [4.69, 9.17) is 21.1 Å². The van der Waals surface area contributed by atoms with E-state index in [2.05, 4.69) is 0 Å². The summed E-state index contributed by atoms with van der Waals surface area (Å²) in [5.41, 5.74) is 4.84. The Morgan fingerprint density at radius 1 is 1.12 bits per heavy atom. The summed E-state index contributed by atoms with van der Waals surface area (Å²) in [6.45, 7) is 1.98. The van der Waals surface area contributed by atoms with Crippen LogP contribution < -0.4 is 5.73 Å². The number of hydrogen-bond acceptors (Lipinski definition) is 4. The van der Waals surface area contributed by atoms with Gasteiger partial charge in [0.1, 0.15) is 6.04 Å². The van der Waals surface area contributed by atoms with Gasteiger partial charge in [0.2, 0.25) is 0 Å². The third-order valence-electron chi connectivity index (χ3n) is 1.46. The van der Waals surface area contributed by atoms with Crippen molar-refractivity contribution in [1.82, 2.24) is 0 Å². The Morgan fingerprint density at radius 3 is 1.75 bits per heavy atom. The van der Waals surface area contributed by atoms with Crippen LogP contribution in [0, 0.1) is 0 Å². The molecule has 94 valence electrons. The molecule has 0 aromatic rings. The fraction of sp³-hybridized carbons (Fsp3) is 0.667. The number of hydrogen-bond donors (Lipinski definition) is 4. The first kappa shape index (κ1) is 16.8. The normalized spacial score (nSPS) is 10.9. The highest BCUT2D eigenvalue weighted by atomic mass is 16.4. The van der Waals surface area contributed by atoms with Gasteiger partial charge < -0.3 is 21.1 Å². The summed E-state index contributed by atoms with van der Waals surface area (Å²) in [4.78, 5) is 29.4. The lowest BCUT2D eigenvalue weighted by Crippen LogP contribution is -2.32. The first-order valence-corrected chi connectivity index (χ1v) is 4.73. The van der Waals surface area contributed by atoms with Gasteiger partial charge in [-0.1, -0.05) is 13.3 Å². The van der Waals surface area contributed by atoms with Crippen molar-refractivity contribution in [2.75, 3.05) is 0 Å². The van der Waals surface area contributed by atoms with Crippen LogP contribution in [-0.2, 0) is 14.4 Å². The van der Waals surface area contributed by atoms with Crippen LogP contribution in [0.1, 0.15) is 32.6 Å². The zero-order chi connectivity index (χ0) is 13.1. The Morgan fingerprint density at radius 2 is 1.62 bits per heavy atom. The summed E-state index contributed by atoms with van der Waals surface area (Å²) in [7, 11) is 0. The molecule has 0 unspecified atom stereocenters. The highest BCUT2D eigenvalue weighted by Gasteiger charge is 2.14. The second-order valence-electron chi connectivity index (χ2n) is 3.04. The molecule has 0 aromatic heterocycles. The Labute approximate surface area is 92.9 Å². The molecule has 0 aliphatic heterocycles. The monoisotopic (exact) mass is 235 g/mol. The number of unbranched alkanes of at least 4 members (excludes halogenated alkanes) is 1. The predicted molar refractivity (Wildman–Crippen MR) is 55.0 cm³/mol. The molecule has 0 bridgehead atoms. The minimum Gasteiger partial charge on any atom is -0.481 e. The third kappa shape index (κ3) is 14.9. The van der Waals surface area contributed by atoms with Crippen LogP contribution in [0.25, 0.3) is 0 Å². The summed E-state index contributed by atoms with van der Waals surface area (Å²) in [5.74, 6) is -3.19. The average Bonchev–Trinajstić information content (AvgIpc) is 2.14. The summed E-state index contributed by atoms with van der Waals surface area (Å²) < 4.78 is 0. The molecule has 7 nitrogen and oxygen atoms in total. The van der Waals surface area contributed by atoms with Gasteiger partial charge in [-0.25, -0.2) is 0 Å². The van der Waals surface area contributed by atoms with Gasteiger partial charge in [-0.05, 0) is 6.42 Å². The molecule has 0 heterocycles. The van der Waals surface area contributed by atoms with Crippen LogP contribution in [0.2, 0.25) is 0 Å². The molecule has 1 atom stereocenters. The van der Waals surface area contributed by atoms with Gasteiger partial charge in [0.25, 0.3) is 0 Å². The predicted octanol–water partition coefficient (Wildman–Crippen LogP) is 0.134. The number of aliphatic carboxylic acids is 3. The van der Waals surface area contributed by atoms with Crippen LogP contribution in [-0.4, -0.2) is 39.3 Å². The fourth-order valence-corrected chi connectivity index (χ4v) is 0.603. The summed E-state index contributed by atoms with van der Waals surface area (Å²) >= 11 is 0. The van der Waals surface area contributed by atoms with Crippen molar-refractivity contribution >= 4 is 17.9 Å². The van der Waals surface area contributed by atoms with E-state index >= 15 is 0 Å². The fourth-order valence-electron chi connectivity index (χ4n) is 0.603. The molecule has 16 heavy (non-hydrogen) atoms. The van der Waals surface area contributed by atoms with Crippen LogP contribution in [0.3, 0.4) is 0 Å². The maximum Gasteiger partial charge on any atom is 0.321 e. The second-order valence-corrected chi connectivity index (χ2v) is 3.04. The average molecular weight is 235 g/mol. The molecule has 0 saturated carbocycles. The van der Waals surface area contributed by atoms with Crippen LogP contribution in [0.5, 0.6) is 0 Å². The highest BCUT2D eigenvalue weighted by Crippen LogP contribution is 1.91. The van der Waals surface area contributed by atoms with Crippen molar-refractivity contribution in [2.45, 2.75) is 38.6 Å². The van der Waals surface area contributed by atoms with Gasteiger partial charge in [0.05, 0.1) is 6.42 Å². The van der Waals surface area contributed by atoms with Gasteiger partial charge >= 0.3 is 17.9 Å². The van der Waals surface area contributed by atoms with Gasteiger partial charge in [-0.3, -0.25) is 14.4 Å². The maximum absolute atomic E-state index is 9.85. The lowest BCUT2D eigenvalue weighted by atomic mass is 10.2. The van der Waals surface area contributed by atoms with Gasteiger partial charge in [-0.2, -0.15) is 0 Å². The molecule has 0 spiro atoms. The molecule has 0 saturated heterocycles. The van der Waals surface area contributed by atoms with Crippen molar-refractivity contribution in [1.29, 1.82) is 0 Å². The summed E-state index contributed by atoms with van der Waals surface area (Å²) in [6.07, 6.45) is 1.55. The van der Waals surface area contributed by atoms with E-state index in [-0.39, 0.29) is 0 Å². The Kier molecular flexibility index (Phi) is 10.4. The van der Waals surface area contributed by atoms with Crippen molar-refractivity contribution in [3.8, 4) is 0 Å². The van der Waals surface area contributed by atoms with Crippen LogP contribution in [0.4, 0.5) is 0 Å². The molecule has 0 fully saturated rings.